The van der Waals surface area contributed by atoms with E-state index in [-0.39, 0.29) is 5.41 Å². The number of carbonyl (C=O) groups is 1. The van der Waals surface area contributed by atoms with Crippen LogP contribution in [-0.4, -0.2) is 59.4 Å². The van der Waals surface area contributed by atoms with Crippen molar-refractivity contribution in [2.45, 2.75) is 56.4 Å². The summed E-state index contributed by atoms with van der Waals surface area (Å²) in [5.41, 5.74) is 0.842. The van der Waals surface area contributed by atoms with Crippen molar-refractivity contribution in [3.8, 4) is 0 Å². The van der Waals surface area contributed by atoms with Crippen molar-refractivity contribution in [2.24, 2.45) is 0 Å². The van der Waals surface area contributed by atoms with E-state index in [1.165, 1.54) is 37.2 Å². The molecule has 3 fully saturated rings. The fourth-order valence-electron chi connectivity index (χ4n) is 5.16. The van der Waals surface area contributed by atoms with Crippen molar-refractivity contribution in [3.05, 3.63) is 34.9 Å². The highest BCUT2D eigenvalue weighted by atomic mass is 35.5. The van der Waals surface area contributed by atoms with Crippen LogP contribution in [0.5, 0.6) is 0 Å². The number of likely N-dealkylation sites (tertiary alicyclic amines) is 1. The van der Waals surface area contributed by atoms with Gasteiger partial charge in [0.15, 0.2) is 0 Å². The van der Waals surface area contributed by atoms with Gasteiger partial charge >= 0.3 is 0 Å². The first-order valence-electron chi connectivity index (χ1n) is 10.6. The van der Waals surface area contributed by atoms with E-state index in [1.54, 1.807) is 0 Å². The minimum atomic E-state index is -0.331. The first-order valence-corrected chi connectivity index (χ1v) is 12.1. The summed E-state index contributed by atoms with van der Waals surface area (Å²) in [4.78, 5) is 18.9. The first-order chi connectivity index (χ1) is 13.2. The molecular formula is C22H31ClN2OS. The molecule has 5 heteroatoms. The number of thioether (sulfide) groups is 1. The maximum atomic E-state index is 14.0. The monoisotopic (exact) mass is 406 g/mol. The lowest BCUT2D eigenvalue weighted by Gasteiger charge is -2.39. The summed E-state index contributed by atoms with van der Waals surface area (Å²) in [6.45, 7) is 4.37. The van der Waals surface area contributed by atoms with E-state index in [2.05, 4.69) is 21.9 Å². The van der Waals surface area contributed by atoms with Gasteiger partial charge in [-0.15, -0.1) is 0 Å². The average molecular weight is 407 g/mol. The number of benzene rings is 1. The normalized spacial score (nSPS) is 26.3. The van der Waals surface area contributed by atoms with E-state index >= 15 is 0 Å². The minimum absolute atomic E-state index is 0.331. The molecule has 2 saturated heterocycles. The Bertz CT molecular complexity index is 638. The number of amides is 1. The van der Waals surface area contributed by atoms with E-state index in [1.807, 2.05) is 23.9 Å². The van der Waals surface area contributed by atoms with Crippen molar-refractivity contribution in [2.75, 3.05) is 37.7 Å². The molecule has 0 spiro atoms. The van der Waals surface area contributed by atoms with Crippen LogP contribution in [0.2, 0.25) is 5.02 Å². The lowest BCUT2D eigenvalue weighted by molar-refractivity contribution is -0.139. The lowest BCUT2D eigenvalue weighted by atomic mass is 9.77. The Balaban J connectivity index is 1.60. The Morgan fingerprint density at radius 2 is 1.74 bits per heavy atom. The molecule has 1 unspecified atom stereocenters. The van der Waals surface area contributed by atoms with Gasteiger partial charge in [0.25, 0.3) is 0 Å². The van der Waals surface area contributed by atoms with E-state index in [4.69, 9.17) is 11.6 Å². The highest BCUT2D eigenvalue weighted by Crippen LogP contribution is 2.43. The molecule has 0 aromatic heterocycles. The number of halogens is 1. The second-order valence-electron chi connectivity index (χ2n) is 8.38. The molecule has 2 aliphatic heterocycles. The van der Waals surface area contributed by atoms with Gasteiger partial charge < -0.3 is 9.80 Å². The lowest BCUT2D eigenvalue weighted by Crippen LogP contribution is -2.53. The Morgan fingerprint density at radius 1 is 1.04 bits per heavy atom. The second-order valence-corrected chi connectivity index (χ2v) is 9.97. The number of hydrogen-bond acceptors (Lipinski definition) is 3. The maximum absolute atomic E-state index is 14.0. The van der Waals surface area contributed by atoms with Crippen LogP contribution in [0.25, 0.3) is 0 Å². The molecule has 1 saturated carbocycles. The van der Waals surface area contributed by atoms with Gasteiger partial charge in [-0.3, -0.25) is 4.79 Å². The molecule has 3 nitrogen and oxygen atoms in total. The topological polar surface area (TPSA) is 23.6 Å². The van der Waals surface area contributed by atoms with E-state index < -0.39 is 0 Å². The van der Waals surface area contributed by atoms with Crippen molar-refractivity contribution < 1.29 is 4.79 Å². The summed E-state index contributed by atoms with van der Waals surface area (Å²) >= 11 is 8.16. The maximum Gasteiger partial charge on any atom is 0.233 e. The third-order valence-corrected chi connectivity index (χ3v) is 8.08. The van der Waals surface area contributed by atoms with Crippen LogP contribution in [0, 0.1) is 0 Å². The molecule has 3 aliphatic rings. The molecule has 2 heterocycles. The molecule has 0 N–H and O–H groups in total. The Hall–Kier alpha value is -0.710. The standard InChI is InChI=1S/C22H31ClN2OS/c23-19-8-6-18(7-9-19)22(10-1-2-11-22)21(26)25-14-5-15-27-17-20(25)16-24-12-3-4-13-24/h6-9,20H,1-5,10-17H2. The number of carbonyl (C=O) groups excluding carboxylic acids is 1. The van der Waals surface area contributed by atoms with Crippen LogP contribution in [0.4, 0.5) is 0 Å². The Kier molecular flexibility index (Phi) is 6.35. The van der Waals surface area contributed by atoms with Crippen LogP contribution < -0.4 is 0 Å². The summed E-state index contributed by atoms with van der Waals surface area (Å²) in [7, 11) is 0. The van der Waals surface area contributed by atoms with Crippen molar-refractivity contribution >= 4 is 29.3 Å². The molecule has 1 aromatic rings. The van der Waals surface area contributed by atoms with Gasteiger partial charge in [0.05, 0.1) is 11.5 Å². The molecule has 0 radical (unpaired) electrons. The van der Waals surface area contributed by atoms with Gasteiger partial charge in [0.1, 0.15) is 0 Å². The van der Waals surface area contributed by atoms with E-state index in [0.717, 1.165) is 56.0 Å². The van der Waals surface area contributed by atoms with Crippen LogP contribution in [0.1, 0.15) is 50.5 Å². The van der Waals surface area contributed by atoms with Crippen LogP contribution in [0.15, 0.2) is 24.3 Å². The Morgan fingerprint density at radius 3 is 2.44 bits per heavy atom. The fourth-order valence-corrected chi connectivity index (χ4v) is 6.34. The van der Waals surface area contributed by atoms with E-state index in [9.17, 15) is 4.79 Å². The van der Waals surface area contributed by atoms with Crippen LogP contribution >= 0.6 is 23.4 Å². The summed E-state index contributed by atoms with van der Waals surface area (Å²) < 4.78 is 0. The molecular weight excluding hydrogens is 376 g/mol. The largest absolute Gasteiger partial charge is 0.337 e. The van der Waals surface area contributed by atoms with Gasteiger partial charge in [-0.05, 0) is 68.6 Å². The summed E-state index contributed by atoms with van der Waals surface area (Å²) in [5, 5.41) is 0.748. The average Bonchev–Trinajstić information content (AvgIpc) is 3.32. The zero-order valence-corrected chi connectivity index (χ0v) is 17.7. The van der Waals surface area contributed by atoms with Gasteiger partial charge in [0.2, 0.25) is 5.91 Å². The number of hydrogen-bond donors (Lipinski definition) is 0. The highest BCUT2D eigenvalue weighted by Gasteiger charge is 2.46. The van der Waals surface area contributed by atoms with E-state index in [0.29, 0.717) is 11.9 Å². The van der Waals surface area contributed by atoms with Gasteiger partial charge in [0, 0.05) is 23.9 Å². The van der Waals surface area contributed by atoms with Gasteiger partial charge in [-0.2, -0.15) is 11.8 Å². The SMILES string of the molecule is O=C(N1CCCSCC1CN1CCCC1)C1(c2ccc(Cl)cc2)CCCC1. The van der Waals surface area contributed by atoms with Crippen molar-refractivity contribution in [1.29, 1.82) is 0 Å². The number of nitrogens with zero attached hydrogens (tertiary/aromatic N) is 2. The fraction of sp³-hybridized carbons (Fsp3) is 0.682. The molecule has 1 amide bonds. The van der Waals surface area contributed by atoms with Gasteiger partial charge in [-0.1, -0.05) is 36.6 Å². The van der Waals surface area contributed by atoms with Crippen LogP contribution in [-0.2, 0) is 10.2 Å². The first kappa shape index (κ1) is 19.6. The molecule has 1 aliphatic carbocycles. The summed E-state index contributed by atoms with van der Waals surface area (Å²) in [6.07, 6.45) is 7.98. The zero-order valence-electron chi connectivity index (χ0n) is 16.2. The predicted molar refractivity (Wildman–Crippen MR) is 115 cm³/mol. The van der Waals surface area contributed by atoms with Crippen molar-refractivity contribution in [3.63, 3.8) is 0 Å². The summed E-state index contributed by atoms with van der Waals surface area (Å²) in [5.74, 6) is 2.64. The molecule has 1 aromatic carbocycles. The molecule has 1 atom stereocenters. The van der Waals surface area contributed by atoms with Crippen molar-refractivity contribution in [1.82, 2.24) is 9.80 Å². The third-order valence-electron chi connectivity index (χ3n) is 6.63. The molecule has 148 valence electrons. The minimum Gasteiger partial charge on any atom is -0.337 e. The molecule has 4 rings (SSSR count). The Labute approximate surface area is 172 Å². The number of rotatable bonds is 4. The quantitative estimate of drug-likeness (QED) is 0.731. The van der Waals surface area contributed by atoms with Gasteiger partial charge in [-0.25, -0.2) is 0 Å². The smallest absolute Gasteiger partial charge is 0.233 e. The predicted octanol–water partition coefficient (Wildman–Crippen LogP) is 4.58. The molecule has 0 bridgehead atoms. The van der Waals surface area contributed by atoms with Crippen LogP contribution in [0.3, 0.4) is 0 Å². The third kappa shape index (κ3) is 4.18. The highest BCUT2D eigenvalue weighted by molar-refractivity contribution is 7.99. The summed E-state index contributed by atoms with van der Waals surface area (Å²) in [6, 6.07) is 8.43. The second kappa shape index (κ2) is 8.75. The molecule has 27 heavy (non-hydrogen) atoms. The zero-order chi connectivity index (χ0) is 18.7.